The molecular weight excluding hydrogens is 476 g/mol. The van der Waals surface area contributed by atoms with Crippen LogP contribution >= 0.6 is 0 Å². The molecule has 0 fully saturated rings. The third kappa shape index (κ3) is 4.65. The molecule has 0 N–H and O–H groups in total. The molecule has 0 amide bonds. The summed E-state index contributed by atoms with van der Waals surface area (Å²) in [7, 11) is 0. The smallest absolute Gasteiger partial charge is 0.165 e. The average molecular weight is 511 g/mol. The van der Waals surface area contributed by atoms with Gasteiger partial charge < -0.3 is 0 Å². The van der Waals surface area contributed by atoms with Crippen LogP contribution in [0.3, 0.4) is 0 Å². The molecule has 0 radical (unpaired) electrons. The Hall–Kier alpha value is -4.18. The lowest BCUT2D eigenvalue weighted by Gasteiger charge is -2.22. The molecule has 4 nitrogen and oxygen atoms in total. The third-order valence-corrected chi connectivity index (χ3v) is 7.96. The predicted octanol–water partition coefficient (Wildman–Crippen LogP) is 8.46. The number of pyridine rings is 1. The largest absolute Gasteiger partial charge is 0.255 e. The number of aromatic nitrogens is 4. The number of hydrogen-bond acceptors (Lipinski definition) is 4. The molecule has 4 heteroatoms. The number of benzene rings is 3. The van der Waals surface area contributed by atoms with Crippen molar-refractivity contribution >= 4 is 0 Å². The normalized spacial score (nSPS) is 15.2. The van der Waals surface area contributed by atoms with E-state index in [1.54, 1.807) is 0 Å². The minimum Gasteiger partial charge on any atom is -0.255 e. The van der Waals surface area contributed by atoms with Gasteiger partial charge in [0.05, 0.1) is 5.69 Å². The van der Waals surface area contributed by atoms with Gasteiger partial charge in [0, 0.05) is 28.5 Å². The molecule has 0 bridgehead atoms. The Morgan fingerprint density at radius 3 is 1.62 bits per heavy atom. The van der Waals surface area contributed by atoms with Crippen LogP contribution in [0.4, 0.5) is 0 Å². The van der Waals surface area contributed by atoms with Crippen LogP contribution in [0, 0.1) is 0 Å². The monoisotopic (exact) mass is 510 g/mol. The van der Waals surface area contributed by atoms with E-state index in [-0.39, 0.29) is 10.8 Å². The first-order valence-corrected chi connectivity index (χ1v) is 13.8. The Labute approximate surface area is 231 Å². The fourth-order valence-corrected chi connectivity index (χ4v) is 6.21. The summed E-state index contributed by atoms with van der Waals surface area (Å²) in [6.07, 6.45) is 4.02. The first-order valence-electron chi connectivity index (χ1n) is 13.8. The summed E-state index contributed by atoms with van der Waals surface area (Å²) < 4.78 is 0. The van der Waals surface area contributed by atoms with Crippen molar-refractivity contribution in [3.8, 4) is 45.4 Å². The average Bonchev–Trinajstić information content (AvgIpc) is 3.15. The number of nitrogens with zero attached hydrogens (tertiary/aromatic N) is 4. The summed E-state index contributed by atoms with van der Waals surface area (Å²) in [6, 6.07) is 29.1. The Morgan fingerprint density at radius 1 is 0.615 bits per heavy atom. The number of fused-ring (bicyclic) bond motifs is 1. The van der Waals surface area contributed by atoms with Gasteiger partial charge in [0.25, 0.3) is 0 Å². The van der Waals surface area contributed by atoms with Gasteiger partial charge in [0.15, 0.2) is 17.5 Å². The second-order valence-electron chi connectivity index (χ2n) is 11.8. The van der Waals surface area contributed by atoms with Gasteiger partial charge in [-0.1, -0.05) is 101 Å². The minimum atomic E-state index is 0.145. The van der Waals surface area contributed by atoms with Crippen LogP contribution in [0.2, 0.25) is 0 Å². The topological polar surface area (TPSA) is 51.6 Å². The fourth-order valence-electron chi connectivity index (χ4n) is 6.21. The van der Waals surface area contributed by atoms with Crippen molar-refractivity contribution in [1.82, 2.24) is 19.9 Å². The zero-order chi connectivity index (χ0) is 27.2. The van der Waals surface area contributed by atoms with Gasteiger partial charge in [-0.25, -0.2) is 15.0 Å². The molecule has 0 atom stereocenters. The lowest BCUT2D eigenvalue weighted by atomic mass is 9.82. The van der Waals surface area contributed by atoms with Crippen molar-refractivity contribution in [1.29, 1.82) is 0 Å². The molecule has 5 aromatic rings. The van der Waals surface area contributed by atoms with E-state index < -0.39 is 0 Å². The van der Waals surface area contributed by atoms with Crippen LogP contribution in [0.25, 0.3) is 45.4 Å². The minimum absolute atomic E-state index is 0.145. The van der Waals surface area contributed by atoms with Crippen LogP contribution in [0.1, 0.15) is 57.7 Å². The van der Waals surface area contributed by atoms with E-state index in [4.69, 9.17) is 19.9 Å². The summed E-state index contributed by atoms with van der Waals surface area (Å²) in [5.74, 6) is 1.93. The predicted molar refractivity (Wildman–Crippen MR) is 159 cm³/mol. The van der Waals surface area contributed by atoms with E-state index in [9.17, 15) is 0 Å². The molecule has 194 valence electrons. The molecule has 39 heavy (non-hydrogen) atoms. The van der Waals surface area contributed by atoms with Crippen molar-refractivity contribution in [3.63, 3.8) is 0 Å². The summed E-state index contributed by atoms with van der Waals surface area (Å²) in [4.78, 5) is 19.5. The highest BCUT2D eigenvalue weighted by atomic mass is 15.0. The molecule has 0 aliphatic heterocycles. The van der Waals surface area contributed by atoms with E-state index >= 15 is 0 Å². The maximum Gasteiger partial charge on any atom is 0.165 e. The molecule has 0 unspecified atom stereocenters. The van der Waals surface area contributed by atoms with Gasteiger partial charge in [-0.15, -0.1) is 0 Å². The summed E-state index contributed by atoms with van der Waals surface area (Å²) in [5.41, 5.74) is 9.60. The molecule has 0 saturated carbocycles. The number of aryl methyl sites for hydroxylation is 1. The third-order valence-electron chi connectivity index (χ3n) is 7.96. The second-order valence-corrected chi connectivity index (χ2v) is 11.8. The van der Waals surface area contributed by atoms with Crippen molar-refractivity contribution in [2.75, 3.05) is 0 Å². The lowest BCUT2D eigenvalue weighted by Crippen LogP contribution is -2.18. The summed E-state index contributed by atoms with van der Waals surface area (Å²) in [6.45, 7) is 11.7. The molecule has 0 saturated heterocycles. The standard InChI is InChI=1S/C35H34N4/c1-6-23-19-28-29(35(4,5)22-34(28,2)3)20-27(23)30-18-17-26(21-36-30)33-38-31(24-13-9-7-10-14-24)37-32(39-33)25-15-11-8-12-16-25/h7-21H,6,22H2,1-5H3. The van der Waals surface area contributed by atoms with Gasteiger partial charge in [-0.2, -0.15) is 0 Å². The van der Waals surface area contributed by atoms with Gasteiger partial charge >= 0.3 is 0 Å². The van der Waals surface area contributed by atoms with E-state index in [1.165, 1.54) is 22.3 Å². The van der Waals surface area contributed by atoms with Crippen LogP contribution in [-0.4, -0.2) is 19.9 Å². The Morgan fingerprint density at radius 2 is 1.13 bits per heavy atom. The zero-order valence-corrected chi connectivity index (χ0v) is 23.4. The molecular formula is C35H34N4. The Kier molecular flexibility index (Phi) is 6.14. The lowest BCUT2D eigenvalue weighted by molar-refractivity contribution is 0.403. The Balaban J connectivity index is 1.43. The quantitative estimate of drug-likeness (QED) is 0.238. The molecule has 3 aromatic carbocycles. The number of hydrogen-bond donors (Lipinski definition) is 0. The molecule has 6 rings (SSSR count). The van der Waals surface area contributed by atoms with Crippen molar-refractivity contribution < 1.29 is 0 Å². The van der Waals surface area contributed by atoms with E-state index in [1.807, 2.05) is 66.9 Å². The van der Waals surface area contributed by atoms with Gasteiger partial charge in [-0.3, -0.25) is 4.98 Å². The second kappa shape index (κ2) is 9.53. The van der Waals surface area contributed by atoms with Crippen LogP contribution < -0.4 is 0 Å². The highest BCUT2D eigenvalue weighted by Crippen LogP contribution is 2.51. The summed E-state index contributed by atoms with van der Waals surface area (Å²) in [5, 5.41) is 0. The first-order chi connectivity index (χ1) is 18.7. The van der Waals surface area contributed by atoms with Crippen LogP contribution in [-0.2, 0) is 17.3 Å². The molecule has 0 spiro atoms. The van der Waals surface area contributed by atoms with E-state index in [0.717, 1.165) is 35.2 Å². The van der Waals surface area contributed by atoms with Crippen LogP contribution in [0.15, 0.2) is 91.1 Å². The first kappa shape index (κ1) is 25.1. The van der Waals surface area contributed by atoms with E-state index in [0.29, 0.717) is 17.5 Å². The fraction of sp³-hybridized carbons (Fsp3) is 0.257. The van der Waals surface area contributed by atoms with Gasteiger partial charge in [0.1, 0.15) is 0 Å². The Bertz CT molecular complexity index is 1580. The van der Waals surface area contributed by atoms with Gasteiger partial charge in [-0.05, 0) is 58.6 Å². The van der Waals surface area contributed by atoms with Crippen molar-refractivity contribution in [3.05, 3.63) is 108 Å². The molecule has 1 aliphatic rings. The van der Waals surface area contributed by atoms with Crippen LogP contribution in [0.5, 0.6) is 0 Å². The summed E-state index contributed by atoms with van der Waals surface area (Å²) >= 11 is 0. The molecule has 1 aliphatic carbocycles. The van der Waals surface area contributed by atoms with E-state index in [2.05, 4.69) is 58.9 Å². The highest BCUT2D eigenvalue weighted by molar-refractivity contribution is 5.71. The maximum absolute atomic E-state index is 4.95. The number of rotatable bonds is 5. The van der Waals surface area contributed by atoms with Crippen molar-refractivity contribution in [2.45, 2.75) is 58.3 Å². The zero-order valence-electron chi connectivity index (χ0n) is 23.4. The molecule has 2 aromatic heterocycles. The van der Waals surface area contributed by atoms with Crippen molar-refractivity contribution in [2.24, 2.45) is 0 Å². The molecule has 2 heterocycles. The maximum atomic E-state index is 4.95. The SMILES string of the molecule is CCc1cc2c(cc1-c1ccc(-c3nc(-c4ccccc4)nc(-c4ccccc4)n3)cn1)C(C)(C)CC2(C)C. The highest BCUT2D eigenvalue weighted by Gasteiger charge is 2.42. The van der Waals surface area contributed by atoms with Gasteiger partial charge in [0.2, 0.25) is 0 Å².